The molecule has 0 aliphatic heterocycles. The lowest BCUT2D eigenvalue weighted by molar-refractivity contribution is -0.383. The average molecular weight is 379 g/mol. The first-order valence-electron chi connectivity index (χ1n) is 8.25. The molecule has 3 rings (SSSR count). The standard InChI is InChI=1S/C18H17N7O3/c1-11-5-6-12(2)14(8-11)22-16-15(25(27)28)17(21-10-20-16)23-24-18(26)13-4-3-7-19-9-13/h3-10H,1-2H3,(H,24,26)(H2,20,21,22,23). The number of aromatic nitrogens is 3. The first kappa shape index (κ1) is 18.7. The lowest BCUT2D eigenvalue weighted by atomic mass is 10.1. The summed E-state index contributed by atoms with van der Waals surface area (Å²) in [4.78, 5) is 34.8. The van der Waals surface area contributed by atoms with Crippen molar-refractivity contribution in [2.24, 2.45) is 0 Å². The second-order valence-electron chi connectivity index (χ2n) is 5.94. The predicted octanol–water partition coefficient (Wildman–Crippen LogP) is 2.90. The van der Waals surface area contributed by atoms with Gasteiger partial charge in [-0.1, -0.05) is 12.1 Å². The number of aryl methyl sites for hydroxylation is 2. The van der Waals surface area contributed by atoms with E-state index in [9.17, 15) is 14.9 Å². The summed E-state index contributed by atoms with van der Waals surface area (Å²) >= 11 is 0. The molecule has 0 saturated heterocycles. The summed E-state index contributed by atoms with van der Waals surface area (Å²) in [6.07, 6.45) is 4.07. The maximum absolute atomic E-state index is 12.1. The van der Waals surface area contributed by atoms with Crippen LogP contribution in [0.4, 0.5) is 23.0 Å². The van der Waals surface area contributed by atoms with Gasteiger partial charge in [0, 0.05) is 18.1 Å². The maximum Gasteiger partial charge on any atom is 0.355 e. The van der Waals surface area contributed by atoms with Crippen LogP contribution in [0.5, 0.6) is 0 Å². The Morgan fingerprint density at radius 2 is 1.93 bits per heavy atom. The molecule has 1 aromatic carbocycles. The molecule has 3 N–H and O–H groups in total. The minimum Gasteiger partial charge on any atom is -0.334 e. The summed E-state index contributed by atoms with van der Waals surface area (Å²) in [6, 6.07) is 8.87. The third kappa shape index (κ3) is 4.18. The second-order valence-corrected chi connectivity index (χ2v) is 5.94. The van der Waals surface area contributed by atoms with Crippen LogP contribution in [-0.2, 0) is 0 Å². The van der Waals surface area contributed by atoms with Crippen molar-refractivity contribution in [1.82, 2.24) is 20.4 Å². The lowest BCUT2D eigenvalue weighted by Crippen LogP contribution is -2.30. The van der Waals surface area contributed by atoms with Crippen LogP contribution in [0.1, 0.15) is 21.5 Å². The Balaban J connectivity index is 1.86. The van der Waals surface area contributed by atoms with Crippen LogP contribution in [0.25, 0.3) is 0 Å². The SMILES string of the molecule is Cc1ccc(C)c(Nc2ncnc(NNC(=O)c3cccnc3)c2[N+](=O)[O-])c1. The monoisotopic (exact) mass is 379 g/mol. The molecule has 1 amide bonds. The number of hydrogen-bond donors (Lipinski definition) is 3. The van der Waals surface area contributed by atoms with Crippen molar-refractivity contribution >= 4 is 28.9 Å². The number of hydrogen-bond acceptors (Lipinski definition) is 8. The van der Waals surface area contributed by atoms with Gasteiger partial charge in [0.25, 0.3) is 5.91 Å². The van der Waals surface area contributed by atoms with Gasteiger partial charge in [0.1, 0.15) is 6.33 Å². The third-order valence-corrected chi connectivity index (χ3v) is 3.87. The van der Waals surface area contributed by atoms with Crippen molar-refractivity contribution in [2.75, 3.05) is 10.7 Å². The molecule has 0 aliphatic rings. The summed E-state index contributed by atoms with van der Waals surface area (Å²) in [5, 5.41) is 14.6. The van der Waals surface area contributed by atoms with Crippen molar-refractivity contribution in [3.05, 3.63) is 75.9 Å². The van der Waals surface area contributed by atoms with Gasteiger partial charge in [0.05, 0.1) is 10.5 Å². The highest BCUT2D eigenvalue weighted by molar-refractivity contribution is 5.94. The van der Waals surface area contributed by atoms with Crippen molar-refractivity contribution in [2.45, 2.75) is 13.8 Å². The van der Waals surface area contributed by atoms with Crippen LogP contribution < -0.4 is 16.2 Å². The predicted molar refractivity (Wildman–Crippen MR) is 103 cm³/mol. The molecule has 0 fully saturated rings. The largest absolute Gasteiger partial charge is 0.355 e. The molecule has 10 nitrogen and oxygen atoms in total. The zero-order chi connectivity index (χ0) is 20.1. The van der Waals surface area contributed by atoms with E-state index in [0.29, 0.717) is 11.3 Å². The Morgan fingerprint density at radius 1 is 1.14 bits per heavy atom. The van der Waals surface area contributed by atoms with Gasteiger partial charge in [-0.3, -0.25) is 30.7 Å². The molecule has 28 heavy (non-hydrogen) atoms. The van der Waals surface area contributed by atoms with E-state index in [4.69, 9.17) is 0 Å². The van der Waals surface area contributed by atoms with Crippen molar-refractivity contribution < 1.29 is 9.72 Å². The summed E-state index contributed by atoms with van der Waals surface area (Å²) < 4.78 is 0. The quantitative estimate of drug-likeness (QED) is 0.439. The van der Waals surface area contributed by atoms with E-state index in [2.05, 4.69) is 31.1 Å². The van der Waals surface area contributed by atoms with Crippen LogP contribution in [0.15, 0.2) is 49.1 Å². The normalized spacial score (nSPS) is 10.2. The Labute approximate surface area is 160 Å². The zero-order valence-electron chi connectivity index (χ0n) is 15.1. The molecule has 0 radical (unpaired) electrons. The highest BCUT2D eigenvalue weighted by Gasteiger charge is 2.24. The van der Waals surface area contributed by atoms with Crippen LogP contribution >= 0.6 is 0 Å². The van der Waals surface area contributed by atoms with E-state index in [1.54, 1.807) is 12.1 Å². The number of hydrazine groups is 1. The van der Waals surface area contributed by atoms with Gasteiger partial charge < -0.3 is 5.32 Å². The van der Waals surface area contributed by atoms with E-state index in [1.165, 1.54) is 18.7 Å². The number of carbonyl (C=O) groups is 1. The van der Waals surface area contributed by atoms with Gasteiger partial charge in [-0.2, -0.15) is 0 Å². The van der Waals surface area contributed by atoms with Gasteiger partial charge in [-0.05, 0) is 43.2 Å². The van der Waals surface area contributed by atoms with Crippen molar-refractivity contribution in [3.8, 4) is 0 Å². The fourth-order valence-electron chi connectivity index (χ4n) is 2.42. The molecule has 3 aromatic rings. The Bertz CT molecular complexity index is 1020. The number of pyridine rings is 1. The number of amides is 1. The van der Waals surface area contributed by atoms with Crippen LogP contribution in [-0.4, -0.2) is 25.8 Å². The van der Waals surface area contributed by atoms with E-state index < -0.39 is 16.5 Å². The van der Waals surface area contributed by atoms with Crippen molar-refractivity contribution in [1.29, 1.82) is 0 Å². The smallest absolute Gasteiger partial charge is 0.334 e. The molecular formula is C18H17N7O3. The van der Waals surface area contributed by atoms with E-state index >= 15 is 0 Å². The number of nitrogens with one attached hydrogen (secondary N) is 3. The second kappa shape index (κ2) is 8.08. The molecule has 142 valence electrons. The number of carbonyl (C=O) groups excluding carboxylic acids is 1. The molecule has 0 saturated carbocycles. The van der Waals surface area contributed by atoms with Crippen molar-refractivity contribution in [3.63, 3.8) is 0 Å². The van der Waals surface area contributed by atoms with Crippen LogP contribution in [0.2, 0.25) is 0 Å². The zero-order valence-corrected chi connectivity index (χ0v) is 15.1. The molecular weight excluding hydrogens is 362 g/mol. The molecule has 0 unspecified atom stereocenters. The number of anilines is 3. The topological polar surface area (TPSA) is 135 Å². The molecule has 0 atom stereocenters. The van der Waals surface area contributed by atoms with Crippen LogP contribution in [0, 0.1) is 24.0 Å². The molecule has 0 spiro atoms. The number of benzene rings is 1. The molecule has 0 bridgehead atoms. The van der Waals surface area contributed by atoms with E-state index in [1.807, 2.05) is 32.0 Å². The van der Waals surface area contributed by atoms with E-state index in [0.717, 1.165) is 11.1 Å². The van der Waals surface area contributed by atoms with E-state index in [-0.39, 0.29) is 11.6 Å². The average Bonchev–Trinajstić information content (AvgIpc) is 2.69. The van der Waals surface area contributed by atoms with Gasteiger partial charge in [-0.15, -0.1) is 0 Å². The van der Waals surface area contributed by atoms with Gasteiger partial charge in [0.2, 0.25) is 11.6 Å². The van der Waals surface area contributed by atoms with Crippen LogP contribution in [0.3, 0.4) is 0 Å². The number of nitro groups is 1. The summed E-state index contributed by atoms with van der Waals surface area (Å²) in [5.41, 5.74) is 7.33. The minimum atomic E-state index is -0.619. The highest BCUT2D eigenvalue weighted by Crippen LogP contribution is 2.31. The highest BCUT2D eigenvalue weighted by atomic mass is 16.6. The first-order chi connectivity index (χ1) is 13.5. The fourth-order valence-corrected chi connectivity index (χ4v) is 2.42. The Kier molecular flexibility index (Phi) is 5.40. The van der Waals surface area contributed by atoms with Gasteiger partial charge in [0.15, 0.2) is 0 Å². The van der Waals surface area contributed by atoms with Gasteiger partial charge in [-0.25, -0.2) is 9.97 Å². The third-order valence-electron chi connectivity index (χ3n) is 3.87. The number of rotatable bonds is 6. The lowest BCUT2D eigenvalue weighted by Gasteiger charge is -2.12. The summed E-state index contributed by atoms with van der Waals surface area (Å²) in [5.74, 6) is -0.651. The summed E-state index contributed by atoms with van der Waals surface area (Å²) in [7, 11) is 0. The fraction of sp³-hybridized carbons (Fsp3) is 0.111. The van der Waals surface area contributed by atoms with Gasteiger partial charge >= 0.3 is 5.69 Å². The molecule has 2 aromatic heterocycles. The molecule has 0 aliphatic carbocycles. The maximum atomic E-state index is 12.1. The first-order valence-corrected chi connectivity index (χ1v) is 8.25. The molecule has 10 heteroatoms. The Hall–Kier alpha value is -4.08. The minimum absolute atomic E-state index is 0.00632. The molecule has 2 heterocycles. The Morgan fingerprint density at radius 3 is 2.64 bits per heavy atom. The summed E-state index contributed by atoms with van der Waals surface area (Å²) in [6.45, 7) is 3.79. The number of nitrogens with zero attached hydrogens (tertiary/aromatic N) is 4.